The van der Waals surface area contributed by atoms with E-state index in [0.29, 0.717) is 78.6 Å². The Morgan fingerprint density at radius 1 is 0.714 bits per heavy atom. The first-order chi connectivity index (χ1) is 13.8. The van der Waals surface area contributed by atoms with Crippen molar-refractivity contribution in [1.29, 1.82) is 0 Å². The van der Waals surface area contributed by atoms with Gasteiger partial charge in [-0.05, 0) is 12.8 Å². The van der Waals surface area contributed by atoms with Crippen LogP contribution in [0, 0.1) is 5.92 Å². The molecule has 0 radical (unpaired) electrons. The predicted molar refractivity (Wildman–Crippen MR) is 109 cm³/mol. The molecular weight excluding hydrogens is 388 g/mol. The van der Waals surface area contributed by atoms with E-state index in [4.69, 9.17) is 40.0 Å². The first-order valence-electron chi connectivity index (χ1n) is 10.4. The molecule has 0 aliphatic carbocycles. The summed E-state index contributed by atoms with van der Waals surface area (Å²) in [6, 6.07) is 0. The van der Waals surface area contributed by atoms with Crippen molar-refractivity contribution in [3.8, 4) is 0 Å². The number of alkyl halides is 1. The summed E-state index contributed by atoms with van der Waals surface area (Å²) in [4.78, 5) is 11.9. The molecule has 28 heavy (non-hydrogen) atoms. The topological polar surface area (TPSA) is 72.5 Å². The fraction of sp³-hybridized carbons (Fsp3) is 0.950. The molecule has 0 spiro atoms. The van der Waals surface area contributed by atoms with Crippen molar-refractivity contribution in [3.63, 3.8) is 0 Å². The SMILES string of the molecule is CCCCC(CC)C(=O)OCCOCCOCCOCCOCCOCCCl. The van der Waals surface area contributed by atoms with Gasteiger partial charge >= 0.3 is 5.97 Å². The van der Waals surface area contributed by atoms with Gasteiger partial charge in [0.05, 0.1) is 72.0 Å². The number of carbonyl (C=O) groups is 1. The van der Waals surface area contributed by atoms with Crippen LogP contribution in [0.15, 0.2) is 0 Å². The van der Waals surface area contributed by atoms with Gasteiger partial charge in [0.1, 0.15) is 6.61 Å². The number of esters is 1. The molecule has 0 aromatic carbocycles. The molecule has 0 aromatic heterocycles. The lowest BCUT2D eigenvalue weighted by Gasteiger charge is -2.13. The van der Waals surface area contributed by atoms with Crippen molar-refractivity contribution in [2.75, 3.05) is 78.6 Å². The van der Waals surface area contributed by atoms with Crippen LogP contribution in [0.4, 0.5) is 0 Å². The van der Waals surface area contributed by atoms with Crippen molar-refractivity contribution in [2.45, 2.75) is 39.5 Å². The number of halogens is 1. The minimum Gasteiger partial charge on any atom is -0.463 e. The number of hydrogen-bond donors (Lipinski definition) is 0. The van der Waals surface area contributed by atoms with E-state index in [1.54, 1.807) is 0 Å². The summed E-state index contributed by atoms with van der Waals surface area (Å²) in [5.41, 5.74) is 0. The van der Waals surface area contributed by atoms with Crippen LogP contribution in [0.5, 0.6) is 0 Å². The molecule has 0 amide bonds. The highest BCUT2D eigenvalue weighted by atomic mass is 35.5. The summed E-state index contributed by atoms with van der Waals surface area (Å²) >= 11 is 5.48. The molecule has 0 saturated heterocycles. The molecular formula is C20H39ClO7. The Labute approximate surface area is 175 Å². The maximum atomic E-state index is 11.9. The van der Waals surface area contributed by atoms with Crippen molar-refractivity contribution in [3.05, 3.63) is 0 Å². The smallest absolute Gasteiger partial charge is 0.308 e. The fourth-order valence-corrected chi connectivity index (χ4v) is 2.40. The summed E-state index contributed by atoms with van der Waals surface area (Å²) in [5.74, 6) is 0.401. The first-order valence-corrected chi connectivity index (χ1v) is 10.9. The molecule has 0 heterocycles. The molecule has 0 aliphatic rings. The maximum absolute atomic E-state index is 11.9. The Morgan fingerprint density at radius 2 is 1.14 bits per heavy atom. The Hall–Kier alpha value is -0.440. The molecule has 168 valence electrons. The van der Waals surface area contributed by atoms with Crippen molar-refractivity contribution >= 4 is 17.6 Å². The molecule has 1 unspecified atom stereocenters. The van der Waals surface area contributed by atoms with E-state index in [9.17, 15) is 4.79 Å². The van der Waals surface area contributed by atoms with Crippen LogP contribution in [-0.4, -0.2) is 84.5 Å². The van der Waals surface area contributed by atoms with Gasteiger partial charge in [0.2, 0.25) is 0 Å². The number of unbranched alkanes of at least 4 members (excludes halogenated alkanes) is 1. The zero-order valence-corrected chi connectivity index (χ0v) is 18.4. The van der Waals surface area contributed by atoms with Crippen LogP contribution in [-0.2, 0) is 33.2 Å². The normalized spacial score (nSPS) is 12.2. The second-order valence-electron chi connectivity index (χ2n) is 6.17. The summed E-state index contributed by atoms with van der Waals surface area (Å²) in [6.45, 7) is 9.50. The van der Waals surface area contributed by atoms with Gasteiger partial charge in [0.15, 0.2) is 0 Å². The van der Waals surface area contributed by atoms with Crippen molar-refractivity contribution in [1.82, 2.24) is 0 Å². The highest BCUT2D eigenvalue weighted by Gasteiger charge is 2.16. The summed E-state index contributed by atoms with van der Waals surface area (Å²) in [7, 11) is 0. The van der Waals surface area contributed by atoms with Gasteiger partial charge < -0.3 is 28.4 Å². The van der Waals surface area contributed by atoms with Gasteiger partial charge in [-0.2, -0.15) is 0 Å². The highest BCUT2D eigenvalue weighted by molar-refractivity contribution is 6.17. The van der Waals surface area contributed by atoms with E-state index >= 15 is 0 Å². The zero-order valence-electron chi connectivity index (χ0n) is 17.6. The quantitative estimate of drug-likeness (QED) is 0.150. The standard InChI is InChI=1S/C20H39ClO7/c1-3-5-6-19(4-2)20(22)28-18-17-27-16-15-26-14-13-25-12-11-24-10-9-23-8-7-21/h19H,3-18H2,1-2H3. The zero-order chi connectivity index (χ0) is 20.7. The Morgan fingerprint density at radius 3 is 1.54 bits per heavy atom. The maximum Gasteiger partial charge on any atom is 0.308 e. The molecule has 0 aliphatic heterocycles. The summed E-state index contributed by atoms with van der Waals surface area (Å²) in [6.07, 6.45) is 3.88. The van der Waals surface area contributed by atoms with Crippen molar-refractivity contribution in [2.24, 2.45) is 5.92 Å². The number of hydrogen-bond acceptors (Lipinski definition) is 7. The van der Waals surface area contributed by atoms with Crippen molar-refractivity contribution < 1.29 is 33.2 Å². The third-order valence-corrected chi connectivity index (χ3v) is 4.07. The molecule has 0 N–H and O–H groups in total. The van der Waals surface area contributed by atoms with Gasteiger partial charge in [0.25, 0.3) is 0 Å². The van der Waals surface area contributed by atoms with E-state index < -0.39 is 0 Å². The Kier molecular flexibility index (Phi) is 22.5. The van der Waals surface area contributed by atoms with E-state index in [1.807, 2.05) is 6.92 Å². The lowest BCUT2D eigenvalue weighted by molar-refractivity contribution is -0.150. The van der Waals surface area contributed by atoms with E-state index in [0.717, 1.165) is 25.7 Å². The largest absolute Gasteiger partial charge is 0.463 e. The third kappa shape index (κ3) is 18.9. The monoisotopic (exact) mass is 426 g/mol. The molecule has 0 saturated carbocycles. The molecule has 7 nitrogen and oxygen atoms in total. The number of ether oxygens (including phenoxy) is 6. The Balaban J connectivity index is 3.24. The van der Waals surface area contributed by atoms with Gasteiger partial charge in [0, 0.05) is 5.88 Å². The van der Waals surface area contributed by atoms with Crippen LogP contribution >= 0.6 is 11.6 Å². The van der Waals surface area contributed by atoms with Crippen LogP contribution in [0.1, 0.15) is 39.5 Å². The minimum absolute atomic E-state index is 0.0119. The van der Waals surface area contributed by atoms with E-state index in [1.165, 1.54) is 0 Å². The number of carbonyl (C=O) groups excluding carboxylic acids is 1. The third-order valence-electron chi connectivity index (χ3n) is 3.91. The molecule has 0 bridgehead atoms. The fourth-order valence-electron chi connectivity index (χ4n) is 2.29. The van der Waals surface area contributed by atoms with Gasteiger partial charge in [-0.15, -0.1) is 11.6 Å². The lowest BCUT2D eigenvalue weighted by Crippen LogP contribution is -2.20. The Bertz CT molecular complexity index is 332. The average Bonchev–Trinajstić information content (AvgIpc) is 2.70. The number of rotatable bonds is 22. The van der Waals surface area contributed by atoms with E-state index in [-0.39, 0.29) is 11.9 Å². The highest BCUT2D eigenvalue weighted by Crippen LogP contribution is 2.14. The minimum atomic E-state index is -0.111. The van der Waals surface area contributed by atoms with Gasteiger partial charge in [-0.25, -0.2) is 0 Å². The van der Waals surface area contributed by atoms with Gasteiger partial charge in [-0.3, -0.25) is 4.79 Å². The van der Waals surface area contributed by atoms with Crippen LogP contribution in [0.2, 0.25) is 0 Å². The summed E-state index contributed by atoms with van der Waals surface area (Å²) < 4.78 is 31.9. The second kappa shape index (κ2) is 22.8. The molecule has 8 heteroatoms. The van der Waals surface area contributed by atoms with Crippen LogP contribution in [0.3, 0.4) is 0 Å². The van der Waals surface area contributed by atoms with Crippen LogP contribution < -0.4 is 0 Å². The second-order valence-corrected chi connectivity index (χ2v) is 6.54. The van der Waals surface area contributed by atoms with E-state index in [2.05, 4.69) is 6.92 Å². The average molecular weight is 427 g/mol. The molecule has 0 fully saturated rings. The predicted octanol–water partition coefficient (Wildman–Crippen LogP) is 3.07. The summed E-state index contributed by atoms with van der Waals surface area (Å²) in [5, 5.41) is 0. The van der Waals surface area contributed by atoms with Crippen LogP contribution in [0.25, 0.3) is 0 Å². The first kappa shape index (κ1) is 27.6. The molecule has 0 rings (SSSR count). The lowest BCUT2D eigenvalue weighted by atomic mass is 10.00. The molecule has 0 aromatic rings. The molecule has 1 atom stereocenters. The van der Waals surface area contributed by atoms with Gasteiger partial charge in [-0.1, -0.05) is 26.7 Å².